The molecule has 2 unspecified atom stereocenters. The van der Waals surface area contributed by atoms with Crippen LogP contribution in [0.15, 0.2) is 22.2 Å². The van der Waals surface area contributed by atoms with Crippen LogP contribution in [0.25, 0.3) is 0 Å². The summed E-state index contributed by atoms with van der Waals surface area (Å²) >= 11 is 38.9. The smallest absolute Gasteiger partial charge is 0.308 e. The molecule has 2 aliphatic carbocycles. The van der Waals surface area contributed by atoms with Crippen LogP contribution < -0.4 is 4.74 Å². The molecule has 1 aromatic carbocycles. The highest BCUT2D eigenvalue weighted by Gasteiger charge is 2.78. The normalized spacial score (nSPS) is 28.9. The summed E-state index contributed by atoms with van der Waals surface area (Å²) in [4.78, 5) is 19.1. The number of allylic oxidation sites excluding steroid dienone is 2. The molecule has 0 aromatic heterocycles. The van der Waals surface area contributed by atoms with Crippen molar-refractivity contribution >= 4 is 81.5 Å². The van der Waals surface area contributed by atoms with Crippen LogP contribution in [-0.4, -0.2) is 21.4 Å². The van der Waals surface area contributed by atoms with E-state index < -0.39 is 32.4 Å². The molecular formula is C15H8Cl6O4. The van der Waals surface area contributed by atoms with Crippen LogP contribution in [0.3, 0.4) is 0 Å². The Bertz CT molecular complexity index is 797. The molecule has 0 saturated heterocycles. The van der Waals surface area contributed by atoms with Gasteiger partial charge in [-0.2, -0.15) is 0 Å². The Morgan fingerprint density at radius 1 is 1.04 bits per heavy atom. The van der Waals surface area contributed by atoms with Crippen molar-refractivity contribution in [2.24, 2.45) is 0 Å². The molecule has 2 aliphatic rings. The van der Waals surface area contributed by atoms with Gasteiger partial charge in [0.25, 0.3) is 0 Å². The van der Waals surface area contributed by atoms with Crippen molar-refractivity contribution < 1.29 is 19.4 Å². The van der Waals surface area contributed by atoms with Gasteiger partial charge in [-0.15, -0.1) is 23.2 Å². The van der Waals surface area contributed by atoms with Gasteiger partial charge < -0.3 is 9.84 Å². The number of aliphatic carboxylic acids is 1. The van der Waals surface area contributed by atoms with E-state index in [9.17, 15) is 14.7 Å². The Labute approximate surface area is 172 Å². The van der Waals surface area contributed by atoms with Gasteiger partial charge in [0.1, 0.15) is 15.5 Å². The molecule has 2 atom stereocenters. The summed E-state index contributed by atoms with van der Waals surface area (Å²) in [5.41, 5.74) is 0.603. The summed E-state index contributed by atoms with van der Waals surface area (Å²) in [6.45, 7) is 1.20. The second-order valence-corrected chi connectivity index (χ2v) is 8.87. The van der Waals surface area contributed by atoms with Crippen LogP contribution in [0.1, 0.15) is 23.6 Å². The van der Waals surface area contributed by atoms with Crippen molar-refractivity contribution in [1.82, 2.24) is 0 Å². The van der Waals surface area contributed by atoms with Gasteiger partial charge in [0, 0.05) is 12.5 Å². The molecule has 2 bridgehead atoms. The van der Waals surface area contributed by atoms with Crippen molar-refractivity contribution in [2.75, 3.05) is 0 Å². The van der Waals surface area contributed by atoms with E-state index in [0.29, 0.717) is 0 Å². The topological polar surface area (TPSA) is 63.6 Å². The highest BCUT2D eigenvalue weighted by atomic mass is 35.5. The largest absolute Gasteiger partial charge is 0.481 e. The second-order valence-electron chi connectivity index (χ2n) is 5.66. The summed E-state index contributed by atoms with van der Waals surface area (Å²) < 4.78 is 3.24. The summed E-state index contributed by atoms with van der Waals surface area (Å²) in [7, 11) is 0. The van der Waals surface area contributed by atoms with Crippen LogP contribution in [0, 0.1) is 0 Å². The Hall–Kier alpha value is -0.360. The van der Waals surface area contributed by atoms with Crippen molar-refractivity contribution in [3.05, 3.63) is 38.9 Å². The van der Waals surface area contributed by atoms with E-state index in [0.717, 1.165) is 0 Å². The van der Waals surface area contributed by atoms with Crippen LogP contribution in [0.2, 0.25) is 0 Å². The summed E-state index contributed by atoms with van der Waals surface area (Å²) in [6, 6.07) is 2.84. The maximum atomic E-state index is 11.4. The zero-order valence-electron chi connectivity index (χ0n) is 12.3. The third-order valence-electron chi connectivity index (χ3n) is 4.20. The Kier molecular flexibility index (Phi) is 4.51. The molecule has 4 nitrogen and oxygen atoms in total. The van der Waals surface area contributed by atoms with Gasteiger partial charge in [-0.3, -0.25) is 9.59 Å². The minimum Gasteiger partial charge on any atom is -0.481 e. The number of alkyl halides is 4. The van der Waals surface area contributed by atoms with Crippen molar-refractivity contribution in [3.8, 4) is 5.75 Å². The Balaban J connectivity index is 2.42. The molecule has 0 aliphatic heterocycles. The molecule has 0 fully saturated rings. The highest BCUT2D eigenvalue weighted by molar-refractivity contribution is 6.65. The van der Waals surface area contributed by atoms with Crippen LogP contribution in [0.4, 0.5) is 0 Å². The van der Waals surface area contributed by atoms with Gasteiger partial charge >= 0.3 is 11.9 Å². The fourth-order valence-corrected chi connectivity index (χ4v) is 5.99. The summed E-state index contributed by atoms with van der Waals surface area (Å²) in [6.07, 6.45) is -0.393. The number of ether oxygens (including phenoxy) is 1. The van der Waals surface area contributed by atoms with Gasteiger partial charge in [0.15, 0.2) is 4.33 Å². The van der Waals surface area contributed by atoms with Crippen molar-refractivity contribution in [3.63, 3.8) is 0 Å². The number of carboxylic acids is 1. The molecule has 1 N–H and O–H groups in total. The first-order chi connectivity index (χ1) is 11.4. The Morgan fingerprint density at radius 3 is 2.04 bits per heavy atom. The molecule has 1 aromatic rings. The van der Waals surface area contributed by atoms with Gasteiger partial charge in [-0.05, 0) is 17.2 Å². The molecule has 0 amide bonds. The van der Waals surface area contributed by atoms with Gasteiger partial charge in [0.05, 0.1) is 16.5 Å². The average molecular weight is 465 g/mol. The highest BCUT2D eigenvalue weighted by Crippen LogP contribution is 2.79. The first-order valence-electron chi connectivity index (χ1n) is 6.79. The maximum absolute atomic E-state index is 11.4. The van der Waals surface area contributed by atoms with Crippen LogP contribution in [-0.2, 0) is 25.8 Å². The fraction of sp³-hybridized carbons (Fsp3) is 0.333. The van der Waals surface area contributed by atoms with E-state index >= 15 is 0 Å². The molecule has 0 spiro atoms. The minimum absolute atomic E-state index is 0.0298. The number of carbonyl (C=O) groups excluding carboxylic acids is 1. The zero-order valence-corrected chi connectivity index (χ0v) is 16.8. The maximum Gasteiger partial charge on any atom is 0.308 e. The minimum atomic E-state index is -1.94. The standard InChI is InChI=1S/C15H8Cl6O4/c1-5(22)25-7-3-2-6(4-8(23)24)9-10(7)14(19)12(17)11(16)13(9,18)15(14,20)21/h2-3H,4H2,1H3,(H,23,24). The predicted octanol–water partition coefficient (Wildman–Crippen LogP) is 5.00. The van der Waals surface area contributed by atoms with E-state index in [-0.39, 0.29) is 32.5 Å². The molecule has 0 heterocycles. The average Bonchev–Trinajstić information content (AvgIpc) is 2.70. The number of halogens is 6. The molecule has 0 radical (unpaired) electrons. The van der Waals surface area contributed by atoms with Gasteiger partial charge in [0.2, 0.25) is 0 Å². The van der Waals surface area contributed by atoms with Crippen LogP contribution in [0.5, 0.6) is 5.75 Å². The number of carbonyl (C=O) groups is 2. The lowest BCUT2D eigenvalue weighted by atomic mass is 9.89. The number of rotatable bonds is 3. The van der Waals surface area contributed by atoms with Crippen molar-refractivity contribution in [2.45, 2.75) is 27.4 Å². The van der Waals surface area contributed by atoms with E-state index in [4.69, 9.17) is 74.3 Å². The lowest BCUT2D eigenvalue weighted by molar-refractivity contribution is -0.136. The lowest BCUT2D eigenvalue weighted by Crippen LogP contribution is -2.39. The lowest BCUT2D eigenvalue weighted by Gasteiger charge is -2.31. The molecule has 3 rings (SSSR count). The molecule has 0 saturated carbocycles. The zero-order chi connectivity index (χ0) is 18.9. The predicted molar refractivity (Wildman–Crippen MR) is 97.3 cm³/mol. The molecule has 10 heteroatoms. The fourth-order valence-electron chi connectivity index (χ4n) is 3.26. The molecular weight excluding hydrogens is 457 g/mol. The van der Waals surface area contributed by atoms with Gasteiger partial charge in [-0.25, -0.2) is 0 Å². The third kappa shape index (κ3) is 2.22. The number of esters is 1. The second kappa shape index (κ2) is 5.82. The third-order valence-corrected chi connectivity index (χ3v) is 8.28. The first kappa shape index (κ1) is 19.4. The van der Waals surface area contributed by atoms with E-state index in [1.54, 1.807) is 0 Å². The monoisotopic (exact) mass is 462 g/mol. The number of carboxylic acid groups (broad SMARTS) is 1. The van der Waals surface area contributed by atoms with Crippen molar-refractivity contribution in [1.29, 1.82) is 0 Å². The number of hydrogen-bond donors (Lipinski definition) is 1. The van der Waals surface area contributed by atoms with Crippen LogP contribution >= 0.6 is 69.6 Å². The van der Waals surface area contributed by atoms with E-state index in [1.807, 2.05) is 0 Å². The Morgan fingerprint density at radius 2 is 1.56 bits per heavy atom. The SMILES string of the molecule is CC(=O)Oc1ccc(CC(=O)O)c2c1C1(Cl)C(Cl)=C(Cl)C2(Cl)C1(Cl)Cl. The number of fused-ring (bicyclic) bond motifs is 5. The number of benzene rings is 1. The van der Waals surface area contributed by atoms with E-state index in [2.05, 4.69) is 0 Å². The summed E-state index contributed by atoms with van der Waals surface area (Å²) in [5, 5.41) is 8.97. The van der Waals surface area contributed by atoms with Gasteiger partial charge in [-0.1, -0.05) is 52.5 Å². The number of hydrogen-bond acceptors (Lipinski definition) is 3. The molecule has 25 heavy (non-hydrogen) atoms. The molecule has 134 valence electrons. The summed E-state index contributed by atoms with van der Waals surface area (Å²) in [5.74, 6) is -1.71. The van der Waals surface area contributed by atoms with E-state index in [1.165, 1.54) is 19.1 Å². The quantitative estimate of drug-likeness (QED) is 0.388. The first-order valence-corrected chi connectivity index (χ1v) is 9.06.